The predicted molar refractivity (Wildman–Crippen MR) is 150 cm³/mol. The molecule has 1 fully saturated rings. The lowest BCUT2D eigenvalue weighted by Gasteiger charge is -2.32. The zero-order valence-electron chi connectivity index (χ0n) is 21.6. The van der Waals surface area contributed by atoms with Gasteiger partial charge in [-0.3, -0.25) is 4.79 Å². The Bertz CT molecular complexity index is 1100. The number of hydrogen-bond donors (Lipinski definition) is 0. The number of ketones is 1. The molecule has 0 spiro atoms. The summed E-state index contributed by atoms with van der Waals surface area (Å²) in [6, 6.07) is 28.0. The van der Waals surface area contributed by atoms with Crippen molar-refractivity contribution in [2.24, 2.45) is 5.92 Å². The first-order valence-corrected chi connectivity index (χ1v) is 14.0. The fraction of sp³-hybridized carbons (Fsp3) is 0.424. The molecule has 0 aliphatic carbocycles. The molecule has 0 bridgehead atoms. The molecule has 3 heteroatoms. The minimum atomic E-state index is 0.325. The Hall–Kier alpha value is -2.91. The van der Waals surface area contributed by atoms with E-state index in [1.807, 2.05) is 0 Å². The smallest absolute Gasteiger partial charge is 0.162 e. The Balaban J connectivity index is 1.07. The second kappa shape index (κ2) is 12.4. The van der Waals surface area contributed by atoms with Crippen LogP contribution in [0.5, 0.6) is 0 Å². The lowest BCUT2D eigenvalue weighted by atomic mass is 9.89. The highest BCUT2D eigenvalue weighted by Gasteiger charge is 2.22. The molecule has 2 heterocycles. The summed E-state index contributed by atoms with van der Waals surface area (Å²) in [5, 5.41) is 0. The zero-order valence-corrected chi connectivity index (χ0v) is 21.6. The molecule has 0 aromatic heterocycles. The summed E-state index contributed by atoms with van der Waals surface area (Å²) in [4.78, 5) is 18.2. The van der Waals surface area contributed by atoms with Crippen LogP contribution in [0.3, 0.4) is 0 Å². The van der Waals surface area contributed by atoms with Gasteiger partial charge in [-0.1, -0.05) is 60.7 Å². The van der Waals surface area contributed by atoms with Crippen LogP contribution < -0.4 is 4.90 Å². The number of nitrogens with zero attached hydrogens (tertiary/aromatic N) is 2. The molecule has 1 saturated heterocycles. The van der Waals surface area contributed by atoms with Crippen LogP contribution in [0.1, 0.15) is 59.2 Å². The molecule has 0 unspecified atom stereocenters. The van der Waals surface area contributed by atoms with E-state index in [4.69, 9.17) is 0 Å². The Morgan fingerprint density at radius 3 is 2.14 bits per heavy atom. The molecule has 3 aromatic rings. The number of piperidine rings is 1. The largest absolute Gasteiger partial charge is 0.371 e. The standard InChI is InChI=1S/C33H40N2O/c36-33(16-13-29-18-23-34(24-19-29)22-17-27-8-3-1-4-9-27)31-14-15-32-30(26-31)12-7-21-35(32)25-20-28-10-5-2-6-11-28/h1-6,8-11,14-15,26,29H,7,12-13,16-25H2. The normalized spacial score (nSPS) is 16.6. The quantitative estimate of drug-likeness (QED) is 0.306. The summed E-state index contributed by atoms with van der Waals surface area (Å²) in [5.41, 5.74) is 6.41. The van der Waals surface area contributed by atoms with Crippen molar-refractivity contribution < 1.29 is 4.79 Å². The molecule has 36 heavy (non-hydrogen) atoms. The van der Waals surface area contributed by atoms with Crippen molar-refractivity contribution in [1.82, 2.24) is 4.90 Å². The van der Waals surface area contributed by atoms with E-state index in [-0.39, 0.29) is 0 Å². The van der Waals surface area contributed by atoms with Crippen LogP contribution in [0.25, 0.3) is 0 Å². The Morgan fingerprint density at radius 2 is 1.44 bits per heavy atom. The van der Waals surface area contributed by atoms with Crippen molar-refractivity contribution in [3.63, 3.8) is 0 Å². The fourth-order valence-electron chi connectivity index (χ4n) is 5.90. The summed E-state index contributed by atoms with van der Waals surface area (Å²) in [7, 11) is 0. The predicted octanol–water partition coefficient (Wildman–Crippen LogP) is 6.60. The first kappa shape index (κ1) is 24.8. The maximum Gasteiger partial charge on any atom is 0.162 e. The van der Waals surface area contributed by atoms with Crippen molar-refractivity contribution in [2.75, 3.05) is 37.6 Å². The molecule has 0 N–H and O–H groups in total. The number of likely N-dealkylation sites (tertiary alicyclic amines) is 1. The average molecular weight is 481 g/mol. The van der Waals surface area contributed by atoms with Crippen molar-refractivity contribution in [3.8, 4) is 0 Å². The molecule has 3 nitrogen and oxygen atoms in total. The van der Waals surface area contributed by atoms with E-state index in [0.29, 0.717) is 18.1 Å². The number of benzene rings is 3. The van der Waals surface area contributed by atoms with Crippen LogP contribution in [0.4, 0.5) is 5.69 Å². The number of carbonyl (C=O) groups is 1. The minimum absolute atomic E-state index is 0.325. The Morgan fingerprint density at radius 1 is 0.778 bits per heavy atom. The van der Waals surface area contributed by atoms with Gasteiger partial charge >= 0.3 is 0 Å². The second-order valence-corrected chi connectivity index (χ2v) is 10.7. The van der Waals surface area contributed by atoms with Gasteiger partial charge in [0.1, 0.15) is 0 Å². The Labute approximate surface area is 217 Å². The highest BCUT2D eigenvalue weighted by Crippen LogP contribution is 2.29. The summed E-state index contributed by atoms with van der Waals surface area (Å²) < 4.78 is 0. The summed E-state index contributed by atoms with van der Waals surface area (Å²) >= 11 is 0. The molecular formula is C33H40N2O. The molecule has 0 amide bonds. The highest BCUT2D eigenvalue weighted by atomic mass is 16.1. The van der Waals surface area contributed by atoms with Gasteiger partial charge in [0, 0.05) is 37.3 Å². The lowest BCUT2D eigenvalue weighted by Crippen LogP contribution is -2.35. The number of hydrogen-bond acceptors (Lipinski definition) is 3. The van der Waals surface area contributed by atoms with Gasteiger partial charge in [-0.15, -0.1) is 0 Å². The topological polar surface area (TPSA) is 23.6 Å². The molecular weight excluding hydrogens is 440 g/mol. The van der Waals surface area contributed by atoms with E-state index < -0.39 is 0 Å². The number of rotatable bonds is 10. The maximum atomic E-state index is 13.1. The number of aryl methyl sites for hydroxylation is 1. The van der Waals surface area contributed by atoms with Gasteiger partial charge < -0.3 is 9.80 Å². The first-order chi connectivity index (χ1) is 17.7. The van der Waals surface area contributed by atoms with Crippen molar-refractivity contribution in [1.29, 1.82) is 0 Å². The van der Waals surface area contributed by atoms with Gasteiger partial charge in [-0.25, -0.2) is 0 Å². The van der Waals surface area contributed by atoms with Crippen LogP contribution >= 0.6 is 0 Å². The zero-order chi connectivity index (χ0) is 24.6. The van der Waals surface area contributed by atoms with Crippen LogP contribution in [-0.4, -0.2) is 43.4 Å². The summed E-state index contributed by atoms with van der Waals surface area (Å²) in [6.07, 6.45) is 8.61. The van der Waals surface area contributed by atoms with Gasteiger partial charge in [0.25, 0.3) is 0 Å². The summed E-state index contributed by atoms with van der Waals surface area (Å²) in [6.45, 7) is 5.63. The molecule has 0 saturated carbocycles. The van der Waals surface area contributed by atoms with Crippen LogP contribution in [0, 0.1) is 5.92 Å². The molecule has 5 rings (SSSR count). The molecule has 0 atom stereocenters. The third-order valence-electron chi connectivity index (χ3n) is 8.18. The third kappa shape index (κ3) is 6.64. The van der Waals surface area contributed by atoms with E-state index >= 15 is 0 Å². The first-order valence-electron chi connectivity index (χ1n) is 14.0. The van der Waals surface area contributed by atoms with Crippen molar-refractivity contribution in [2.45, 2.75) is 51.4 Å². The second-order valence-electron chi connectivity index (χ2n) is 10.7. The molecule has 188 valence electrons. The van der Waals surface area contributed by atoms with E-state index in [1.165, 1.54) is 54.7 Å². The van der Waals surface area contributed by atoms with Crippen molar-refractivity contribution >= 4 is 11.5 Å². The van der Waals surface area contributed by atoms with Gasteiger partial charge in [-0.2, -0.15) is 0 Å². The van der Waals surface area contributed by atoms with Crippen LogP contribution in [0.15, 0.2) is 78.9 Å². The fourth-order valence-corrected chi connectivity index (χ4v) is 5.90. The molecule has 2 aliphatic heterocycles. The maximum absolute atomic E-state index is 13.1. The third-order valence-corrected chi connectivity index (χ3v) is 8.18. The average Bonchev–Trinajstić information content (AvgIpc) is 2.95. The number of anilines is 1. The van der Waals surface area contributed by atoms with Gasteiger partial charge in [0.15, 0.2) is 5.78 Å². The van der Waals surface area contributed by atoms with Crippen LogP contribution in [-0.2, 0) is 19.3 Å². The number of carbonyl (C=O) groups excluding carboxylic acids is 1. The monoisotopic (exact) mass is 480 g/mol. The van der Waals surface area contributed by atoms with Crippen LogP contribution in [0.2, 0.25) is 0 Å². The molecule has 0 radical (unpaired) electrons. The molecule has 2 aliphatic rings. The Kier molecular flexibility index (Phi) is 8.51. The van der Waals surface area contributed by atoms with E-state index in [2.05, 4.69) is 88.7 Å². The number of fused-ring (bicyclic) bond motifs is 1. The van der Waals surface area contributed by atoms with Gasteiger partial charge in [-0.05, 0) is 98.8 Å². The highest BCUT2D eigenvalue weighted by molar-refractivity contribution is 5.96. The minimum Gasteiger partial charge on any atom is -0.371 e. The molecule has 3 aromatic carbocycles. The lowest BCUT2D eigenvalue weighted by molar-refractivity contribution is 0.0962. The van der Waals surface area contributed by atoms with Gasteiger partial charge in [0.2, 0.25) is 0 Å². The van der Waals surface area contributed by atoms with E-state index in [0.717, 1.165) is 50.9 Å². The van der Waals surface area contributed by atoms with Gasteiger partial charge in [0.05, 0.1) is 0 Å². The van der Waals surface area contributed by atoms with E-state index in [9.17, 15) is 4.79 Å². The SMILES string of the molecule is O=C(CCC1CCN(CCc2ccccc2)CC1)c1ccc2c(c1)CCCN2CCc1ccccc1. The summed E-state index contributed by atoms with van der Waals surface area (Å²) in [5.74, 6) is 1.01. The van der Waals surface area contributed by atoms with E-state index in [1.54, 1.807) is 0 Å². The van der Waals surface area contributed by atoms with Crippen molar-refractivity contribution in [3.05, 3.63) is 101 Å². The number of Topliss-reactive ketones (excluding diaryl/α,β-unsaturated/α-hetero) is 1.